The minimum Gasteiger partial charge on any atom is -0.744 e. The van der Waals surface area contributed by atoms with Crippen LogP contribution in [0.25, 0.3) is 5.43 Å². The van der Waals surface area contributed by atoms with Crippen molar-refractivity contribution >= 4 is 51.0 Å². The van der Waals surface area contributed by atoms with E-state index in [-0.39, 0.29) is 98.2 Å². The largest absolute Gasteiger partial charge is 1.00 e. The SMILES string of the molecule is Nc1cc(S(=O)(=O)[O-])cc(N=N/C(=N\[N-]c2cc(SOO[O-])ccc2C(=O)O)c2ccccc2)c1O.[Cu+].[Na+].[Na+]. The Balaban J connectivity index is 0.00000481. The molecule has 0 aliphatic carbocycles. The van der Waals surface area contributed by atoms with Gasteiger partial charge in [-0.25, -0.2) is 13.2 Å². The number of carbonyl (C=O) groups is 1. The molecule has 0 unspecified atom stereocenters. The van der Waals surface area contributed by atoms with Gasteiger partial charge in [0.15, 0.2) is 11.6 Å². The number of phenolic OH excluding ortho intramolecular Hbond substituents is 1. The van der Waals surface area contributed by atoms with Crippen molar-refractivity contribution in [3.63, 3.8) is 0 Å². The summed E-state index contributed by atoms with van der Waals surface area (Å²) in [7, 11) is -4.91. The molecular weight excluding hydrogens is 628 g/mol. The van der Waals surface area contributed by atoms with Crippen molar-refractivity contribution in [3.05, 3.63) is 77.2 Å². The van der Waals surface area contributed by atoms with Gasteiger partial charge in [-0.1, -0.05) is 36.4 Å². The van der Waals surface area contributed by atoms with Crippen LogP contribution >= 0.6 is 12.0 Å². The molecule has 0 saturated heterocycles. The number of aromatic hydroxyl groups is 1. The van der Waals surface area contributed by atoms with Gasteiger partial charge in [0.2, 0.25) is 0 Å². The van der Waals surface area contributed by atoms with Crippen LogP contribution in [-0.2, 0) is 36.6 Å². The number of amidine groups is 1. The summed E-state index contributed by atoms with van der Waals surface area (Å²) in [6, 6.07) is 13.5. The average molecular weight is 642 g/mol. The number of nitrogens with zero attached hydrogens (tertiary/aromatic N) is 4. The van der Waals surface area contributed by atoms with E-state index in [0.29, 0.717) is 17.6 Å². The maximum atomic E-state index is 11.6. The molecule has 3 aromatic rings. The maximum Gasteiger partial charge on any atom is 1.00 e. The monoisotopic (exact) mass is 641 g/mol. The van der Waals surface area contributed by atoms with Gasteiger partial charge in [0.05, 0.1) is 22.6 Å². The van der Waals surface area contributed by atoms with Crippen LogP contribution in [0.2, 0.25) is 0 Å². The van der Waals surface area contributed by atoms with Crippen LogP contribution in [0.5, 0.6) is 5.75 Å². The summed E-state index contributed by atoms with van der Waals surface area (Å²) < 4.78 is 38.3. The number of nitrogens with two attached hydrogens (primary N) is 1. The third kappa shape index (κ3) is 10.8. The minimum atomic E-state index is -4.91. The number of phenols is 1. The normalized spacial score (nSPS) is 11.2. The third-order valence-electron chi connectivity index (χ3n) is 4.28. The number of azo groups is 1. The van der Waals surface area contributed by atoms with Crippen molar-refractivity contribution < 1.29 is 119 Å². The molecule has 0 spiro atoms. The molecule has 4 N–H and O–H groups in total. The second kappa shape index (κ2) is 17.3. The zero-order chi connectivity index (χ0) is 26.3. The second-order valence-electron chi connectivity index (χ2n) is 6.63. The Morgan fingerprint density at radius 2 is 1.74 bits per heavy atom. The fourth-order valence-corrected chi connectivity index (χ4v) is 3.56. The van der Waals surface area contributed by atoms with Crippen molar-refractivity contribution in [1.82, 2.24) is 0 Å². The molecule has 39 heavy (non-hydrogen) atoms. The number of hydrogen-bond acceptors (Lipinski definition) is 12. The zero-order valence-electron chi connectivity index (χ0n) is 20.0. The van der Waals surface area contributed by atoms with Crippen LogP contribution in [0.3, 0.4) is 0 Å². The average Bonchev–Trinajstić information content (AvgIpc) is 2.84. The minimum absolute atomic E-state index is 0. The second-order valence-corrected chi connectivity index (χ2v) is 8.78. The molecule has 3 rings (SSSR count). The molecule has 0 atom stereocenters. The molecule has 0 aromatic heterocycles. The molecule has 0 fully saturated rings. The fourth-order valence-electron chi connectivity index (χ4n) is 2.64. The number of rotatable bonds is 9. The number of aromatic carboxylic acids is 1. The van der Waals surface area contributed by atoms with Gasteiger partial charge in [-0.05, 0) is 24.3 Å². The molecule has 0 aliphatic rings. The van der Waals surface area contributed by atoms with Gasteiger partial charge in [-0.2, -0.15) is 4.33 Å². The summed E-state index contributed by atoms with van der Waals surface area (Å²) >= 11 is 0.507. The van der Waals surface area contributed by atoms with Gasteiger partial charge in [0.25, 0.3) is 0 Å². The van der Waals surface area contributed by atoms with Gasteiger partial charge in [0, 0.05) is 16.0 Å². The van der Waals surface area contributed by atoms with E-state index < -0.39 is 38.1 Å². The summed E-state index contributed by atoms with van der Waals surface area (Å²) in [4.78, 5) is 11.1. The molecular formula is C20H14CuN5Na2O9S2. The molecule has 0 saturated carbocycles. The van der Waals surface area contributed by atoms with Crippen molar-refractivity contribution in [3.8, 4) is 5.75 Å². The molecule has 19 heteroatoms. The predicted octanol–water partition coefficient (Wildman–Crippen LogP) is -3.04. The number of carboxylic acids is 1. The molecule has 3 aromatic carbocycles. The standard InChI is InChI=1S/C20H17N5O9S2.Cu.2Na/c21-15-9-13(36(30,31)32)10-17(18(15)26)23-25-19(11-4-2-1-3-5-11)24-22-16-8-12(35-34-33-29)6-7-14(16)20(27)28;;;/h1-10H,(H7,21,22,23,24,25,26,27,28,29,30,31,32);;;/q;3*+1/p-3. The van der Waals surface area contributed by atoms with E-state index in [1.165, 1.54) is 18.2 Å². The molecule has 0 bridgehead atoms. The summed E-state index contributed by atoms with van der Waals surface area (Å²) in [6.07, 6.45) is 0. The van der Waals surface area contributed by atoms with Gasteiger partial charge in [-0.15, -0.1) is 15.9 Å². The molecule has 0 aliphatic heterocycles. The first-order valence-electron chi connectivity index (χ1n) is 9.45. The van der Waals surface area contributed by atoms with Gasteiger partial charge in [-0.3, -0.25) is 5.04 Å². The third-order valence-corrected chi connectivity index (χ3v) is 5.66. The van der Waals surface area contributed by atoms with Crippen LogP contribution in [0.1, 0.15) is 15.9 Å². The number of anilines is 1. The quantitative estimate of drug-likeness (QED) is 0.0203. The van der Waals surface area contributed by atoms with Crippen LogP contribution in [0, 0.1) is 0 Å². The smallest absolute Gasteiger partial charge is 0.744 e. The fraction of sp³-hybridized carbons (Fsp3) is 0. The number of nitrogen functional groups attached to an aromatic ring is 1. The van der Waals surface area contributed by atoms with E-state index in [0.717, 1.165) is 12.1 Å². The number of benzene rings is 3. The number of carboxylic acid groups (broad SMARTS) is 1. The Morgan fingerprint density at radius 1 is 1.08 bits per heavy atom. The van der Waals surface area contributed by atoms with Crippen LogP contribution < -0.4 is 70.1 Å². The van der Waals surface area contributed by atoms with Crippen molar-refractivity contribution in [2.24, 2.45) is 15.3 Å². The van der Waals surface area contributed by atoms with E-state index in [1.807, 2.05) is 0 Å². The van der Waals surface area contributed by atoms with Gasteiger partial charge >= 0.3 is 82.2 Å². The Labute approximate surface area is 280 Å². The van der Waals surface area contributed by atoms with Gasteiger partial charge in [0.1, 0.15) is 15.8 Å². The predicted molar refractivity (Wildman–Crippen MR) is 122 cm³/mol. The summed E-state index contributed by atoms with van der Waals surface area (Å²) in [5.74, 6) is -2.13. The summed E-state index contributed by atoms with van der Waals surface area (Å²) in [6.45, 7) is 0. The van der Waals surface area contributed by atoms with E-state index >= 15 is 0 Å². The Bertz CT molecular complexity index is 1450. The van der Waals surface area contributed by atoms with E-state index in [1.54, 1.807) is 30.3 Å². The molecule has 0 radical (unpaired) electrons. The first kappa shape index (κ1) is 37.5. The van der Waals surface area contributed by atoms with E-state index in [4.69, 9.17) is 5.73 Å². The summed E-state index contributed by atoms with van der Waals surface area (Å²) in [5.41, 5.74) is 8.59. The first-order valence-corrected chi connectivity index (χ1v) is 11.6. The van der Waals surface area contributed by atoms with Crippen molar-refractivity contribution in [1.29, 1.82) is 0 Å². The Hall–Kier alpha value is -1.54. The van der Waals surface area contributed by atoms with E-state index in [2.05, 4.69) is 30.1 Å². The summed E-state index contributed by atoms with van der Waals surface area (Å²) in [5, 5.41) is 44.5. The maximum absolute atomic E-state index is 11.6. The Morgan fingerprint density at radius 3 is 2.33 bits per heavy atom. The van der Waals surface area contributed by atoms with E-state index in [9.17, 15) is 33.2 Å². The first-order chi connectivity index (χ1) is 17.1. The topological polar surface area (TPSA) is 233 Å². The van der Waals surface area contributed by atoms with Crippen LogP contribution in [0.15, 0.2) is 85.8 Å². The zero-order valence-corrected chi connectivity index (χ0v) is 26.6. The molecule has 198 valence electrons. The molecule has 14 nitrogen and oxygen atoms in total. The number of hydrogen-bond donors (Lipinski definition) is 3. The van der Waals surface area contributed by atoms with Crippen LogP contribution in [0.4, 0.5) is 17.1 Å². The molecule has 0 amide bonds. The Kier molecular flexibility index (Phi) is 16.6. The van der Waals surface area contributed by atoms with Crippen molar-refractivity contribution in [2.75, 3.05) is 5.73 Å². The van der Waals surface area contributed by atoms with Crippen LogP contribution in [-0.4, -0.2) is 35.0 Å². The van der Waals surface area contributed by atoms with Gasteiger partial charge < -0.3 is 36.3 Å². The van der Waals surface area contributed by atoms with Crippen molar-refractivity contribution in [2.45, 2.75) is 9.79 Å². The molecule has 0 heterocycles.